The highest BCUT2D eigenvalue weighted by atomic mass is 16.5. The van der Waals surface area contributed by atoms with Crippen LogP contribution in [0, 0.1) is 0 Å². The first-order chi connectivity index (χ1) is 9.79. The molecule has 0 aliphatic rings. The summed E-state index contributed by atoms with van der Waals surface area (Å²) in [4.78, 5) is 16.4. The first kappa shape index (κ1) is 12.4. The second-order valence-electron chi connectivity index (χ2n) is 4.43. The van der Waals surface area contributed by atoms with Gasteiger partial charge < -0.3 is 4.74 Å². The van der Waals surface area contributed by atoms with Crippen molar-refractivity contribution >= 4 is 16.9 Å². The number of hydrogen-bond acceptors (Lipinski definition) is 3. The molecule has 0 spiro atoms. The fraction of sp³-hybridized carbons (Fsp3) is 0.0588. The highest BCUT2D eigenvalue weighted by molar-refractivity contribution is 5.99. The molecule has 20 heavy (non-hydrogen) atoms. The van der Waals surface area contributed by atoms with Gasteiger partial charge in [-0.2, -0.15) is 0 Å². The van der Waals surface area contributed by atoms with E-state index in [1.54, 1.807) is 0 Å². The fourth-order valence-electron chi connectivity index (χ4n) is 2.21. The quantitative estimate of drug-likeness (QED) is 0.662. The van der Waals surface area contributed by atoms with Gasteiger partial charge in [0.05, 0.1) is 12.6 Å². The Balaban J connectivity index is 2.30. The summed E-state index contributed by atoms with van der Waals surface area (Å²) in [6.45, 7) is 0. The topological polar surface area (TPSA) is 39.2 Å². The molecule has 2 aromatic carbocycles. The lowest BCUT2D eigenvalue weighted by Crippen LogP contribution is -2.07. The number of benzene rings is 2. The van der Waals surface area contributed by atoms with Gasteiger partial charge in [0.1, 0.15) is 0 Å². The molecule has 0 amide bonds. The fourth-order valence-corrected chi connectivity index (χ4v) is 2.21. The molecule has 0 saturated heterocycles. The van der Waals surface area contributed by atoms with Crippen LogP contribution in [0.5, 0.6) is 0 Å². The maximum Gasteiger partial charge on any atom is 0.357 e. The van der Waals surface area contributed by atoms with Crippen LogP contribution in [0.4, 0.5) is 0 Å². The van der Waals surface area contributed by atoms with Crippen molar-refractivity contribution in [2.45, 2.75) is 0 Å². The minimum Gasteiger partial charge on any atom is -0.464 e. The van der Waals surface area contributed by atoms with E-state index in [4.69, 9.17) is 4.74 Å². The van der Waals surface area contributed by atoms with Crippen molar-refractivity contribution in [2.75, 3.05) is 7.11 Å². The van der Waals surface area contributed by atoms with Gasteiger partial charge in [0.15, 0.2) is 5.69 Å². The van der Waals surface area contributed by atoms with E-state index < -0.39 is 5.97 Å². The maximum absolute atomic E-state index is 12.0. The highest BCUT2D eigenvalue weighted by Gasteiger charge is 2.16. The molecule has 0 N–H and O–H groups in total. The average molecular weight is 263 g/mol. The molecule has 3 heteroatoms. The van der Waals surface area contributed by atoms with Gasteiger partial charge >= 0.3 is 5.97 Å². The summed E-state index contributed by atoms with van der Waals surface area (Å²) < 4.78 is 4.85. The summed E-state index contributed by atoms with van der Waals surface area (Å²) in [5.41, 5.74) is 2.87. The van der Waals surface area contributed by atoms with Crippen molar-refractivity contribution in [1.82, 2.24) is 4.98 Å². The van der Waals surface area contributed by atoms with Crippen LogP contribution in [0.2, 0.25) is 0 Å². The average Bonchev–Trinajstić information content (AvgIpc) is 2.53. The van der Waals surface area contributed by atoms with Crippen molar-refractivity contribution in [3.8, 4) is 11.1 Å². The summed E-state index contributed by atoms with van der Waals surface area (Å²) in [5, 5.41) is 0.999. The van der Waals surface area contributed by atoms with Gasteiger partial charge in [0, 0.05) is 10.9 Å². The summed E-state index contributed by atoms with van der Waals surface area (Å²) in [7, 11) is 1.37. The van der Waals surface area contributed by atoms with Crippen molar-refractivity contribution in [3.63, 3.8) is 0 Å². The van der Waals surface area contributed by atoms with E-state index in [9.17, 15) is 4.79 Å². The van der Waals surface area contributed by atoms with Gasteiger partial charge in [-0.05, 0) is 17.7 Å². The van der Waals surface area contributed by atoms with E-state index in [0.29, 0.717) is 5.69 Å². The van der Waals surface area contributed by atoms with Gasteiger partial charge in [-0.3, -0.25) is 0 Å². The van der Waals surface area contributed by atoms with E-state index in [2.05, 4.69) is 4.98 Å². The Labute approximate surface area is 116 Å². The normalized spacial score (nSPS) is 10.4. The molecule has 0 aliphatic carbocycles. The summed E-state index contributed by atoms with van der Waals surface area (Å²) in [5.74, 6) is -0.422. The van der Waals surface area contributed by atoms with E-state index >= 15 is 0 Å². The van der Waals surface area contributed by atoms with E-state index in [-0.39, 0.29) is 0 Å². The number of aromatic nitrogens is 1. The molecular formula is C17H13NO2. The highest BCUT2D eigenvalue weighted by Crippen LogP contribution is 2.26. The zero-order chi connectivity index (χ0) is 13.9. The third-order valence-corrected chi connectivity index (χ3v) is 3.19. The number of rotatable bonds is 2. The van der Waals surface area contributed by atoms with Gasteiger partial charge in [-0.25, -0.2) is 9.78 Å². The molecule has 3 aromatic rings. The summed E-state index contributed by atoms with van der Waals surface area (Å²) in [6.07, 6.45) is 0. The Morgan fingerprint density at radius 2 is 1.70 bits per heavy atom. The predicted molar refractivity (Wildman–Crippen MR) is 78.5 cm³/mol. The molecular weight excluding hydrogens is 250 g/mol. The molecule has 1 aromatic heterocycles. The number of ether oxygens (including phenoxy) is 1. The summed E-state index contributed by atoms with van der Waals surface area (Å²) in [6, 6.07) is 19.4. The van der Waals surface area contributed by atoms with Gasteiger partial charge in [0.25, 0.3) is 0 Å². The van der Waals surface area contributed by atoms with Crippen LogP contribution in [-0.4, -0.2) is 18.1 Å². The zero-order valence-corrected chi connectivity index (χ0v) is 11.0. The molecule has 0 radical (unpaired) electrons. The second-order valence-corrected chi connectivity index (χ2v) is 4.43. The van der Waals surface area contributed by atoms with Crippen LogP contribution in [0.3, 0.4) is 0 Å². The van der Waals surface area contributed by atoms with Gasteiger partial charge in [-0.1, -0.05) is 48.5 Å². The second kappa shape index (κ2) is 5.13. The largest absolute Gasteiger partial charge is 0.464 e. The number of carbonyl (C=O) groups is 1. The summed E-state index contributed by atoms with van der Waals surface area (Å²) >= 11 is 0. The maximum atomic E-state index is 12.0. The van der Waals surface area contributed by atoms with Crippen LogP contribution in [0.15, 0.2) is 60.7 Å². The minimum absolute atomic E-state index is 0.345. The van der Waals surface area contributed by atoms with E-state index in [1.807, 2.05) is 60.7 Å². The SMILES string of the molecule is COC(=O)c1nc2ccccc2cc1-c1ccccc1. The molecule has 0 fully saturated rings. The molecule has 3 nitrogen and oxygen atoms in total. The lowest BCUT2D eigenvalue weighted by molar-refractivity contribution is 0.0595. The Bertz CT molecular complexity index is 766. The van der Waals surface area contributed by atoms with Crippen molar-refractivity contribution in [3.05, 3.63) is 66.4 Å². The molecule has 0 aliphatic heterocycles. The van der Waals surface area contributed by atoms with Crippen molar-refractivity contribution in [2.24, 2.45) is 0 Å². The van der Waals surface area contributed by atoms with Gasteiger partial charge in [0.2, 0.25) is 0 Å². The molecule has 98 valence electrons. The Hall–Kier alpha value is -2.68. The number of para-hydroxylation sites is 1. The number of nitrogens with zero attached hydrogens (tertiary/aromatic N) is 1. The number of methoxy groups -OCH3 is 1. The number of fused-ring (bicyclic) bond motifs is 1. The molecule has 0 bridgehead atoms. The monoisotopic (exact) mass is 263 g/mol. The van der Waals surface area contributed by atoms with E-state index in [1.165, 1.54) is 7.11 Å². The predicted octanol–water partition coefficient (Wildman–Crippen LogP) is 3.69. The lowest BCUT2D eigenvalue weighted by Gasteiger charge is -2.09. The van der Waals surface area contributed by atoms with Crippen LogP contribution in [0.1, 0.15) is 10.5 Å². The van der Waals surface area contributed by atoms with Crippen molar-refractivity contribution < 1.29 is 9.53 Å². The molecule has 1 heterocycles. The molecule has 0 saturated carbocycles. The smallest absolute Gasteiger partial charge is 0.357 e. The minimum atomic E-state index is -0.422. The number of pyridine rings is 1. The number of esters is 1. The Morgan fingerprint density at radius 3 is 2.45 bits per heavy atom. The molecule has 0 unspecified atom stereocenters. The van der Waals surface area contributed by atoms with Gasteiger partial charge in [-0.15, -0.1) is 0 Å². The van der Waals surface area contributed by atoms with Crippen LogP contribution in [0.25, 0.3) is 22.0 Å². The molecule has 3 rings (SSSR count). The lowest BCUT2D eigenvalue weighted by atomic mass is 10.0. The van der Waals surface area contributed by atoms with Crippen molar-refractivity contribution in [1.29, 1.82) is 0 Å². The van der Waals surface area contributed by atoms with Crippen LogP contribution >= 0.6 is 0 Å². The first-order valence-electron chi connectivity index (χ1n) is 6.33. The Kier molecular flexibility index (Phi) is 3.17. The Morgan fingerprint density at radius 1 is 1.00 bits per heavy atom. The van der Waals surface area contributed by atoms with Crippen LogP contribution in [-0.2, 0) is 4.74 Å². The zero-order valence-electron chi connectivity index (χ0n) is 11.0. The van der Waals surface area contributed by atoms with E-state index in [0.717, 1.165) is 22.0 Å². The third-order valence-electron chi connectivity index (χ3n) is 3.19. The molecule has 0 atom stereocenters. The standard InChI is InChI=1S/C17H13NO2/c1-20-17(19)16-14(12-7-3-2-4-8-12)11-13-9-5-6-10-15(13)18-16/h2-11H,1H3. The number of carbonyl (C=O) groups excluding carboxylic acids is 1. The number of hydrogen-bond donors (Lipinski definition) is 0. The van der Waals surface area contributed by atoms with Crippen LogP contribution < -0.4 is 0 Å². The third kappa shape index (κ3) is 2.14. The first-order valence-corrected chi connectivity index (χ1v) is 6.33.